The van der Waals surface area contributed by atoms with Crippen molar-refractivity contribution in [1.29, 1.82) is 0 Å². The summed E-state index contributed by atoms with van der Waals surface area (Å²) in [6, 6.07) is 2.39. The zero-order chi connectivity index (χ0) is 19.4. The number of alkyl halides is 3. The van der Waals surface area contributed by atoms with Crippen molar-refractivity contribution in [2.45, 2.75) is 26.1 Å². The second-order valence-electron chi connectivity index (χ2n) is 5.04. The first-order valence-electron chi connectivity index (χ1n) is 7.14. The van der Waals surface area contributed by atoms with E-state index in [1.165, 1.54) is 13.0 Å². The number of rotatable bonds is 5. The molecule has 0 radical (unpaired) electrons. The van der Waals surface area contributed by atoms with Crippen molar-refractivity contribution >= 4 is 23.7 Å². The van der Waals surface area contributed by atoms with Crippen LogP contribution in [0.3, 0.4) is 0 Å². The number of hydrogen-bond donors (Lipinski definition) is 2. The van der Waals surface area contributed by atoms with Crippen LogP contribution in [0.1, 0.15) is 35.8 Å². The van der Waals surface area contributed by atoms with Crippen molar-refractivity contribution < 1.29 is 37.4 Å². The molecule has 7 nitrogen and oxygen atoms in total. The molecule has 1 rings (SSSR count). The Kier molecular flexibility index (Phi) is 6.37. The van der Waals surface area contributed by atoms with E-state index in [4.69, 9.17) is 5.11 Å². The van der Waals surface area contributed by atoms with E-state index in [2.05, 4.69) is 10.1 Å². The van der Waals surface area contributed by atoms with Gasteiger partial charge in [-0.2, -0.15) is 13.2 Å². The summed E-state index contributed by atoms with van der Waals surface area (Å²) in [5, 5.41) is 11.3. The Balaban J connectivity index is 3.25. The number of hydrogen-bond acceptors (Lipinski definition) is 4. The molecule has 1 aromatic rings. The van der Waals surface area contributed by atoms with Gasteiger partial charge in [-0.3, -0.25) is 10.1 Å². The lowest BCUT2D eigenvalue weighted by molar-refractivity contribution is -0.186. The quantitative estimate of drug-likeness (QED) is 0.839. The van der Waals surface area contributed by atoms with Gasteiger partial charge in [-0.25, -0.2) is 9.59 Å². The number of nitrogens with one attached hydrogen (secondary N) is 1. The molecular weight excluding hydrogens is 345 g/mol. The number of halogens is 3. The average molecular weight is 362 g/mol. The van der Waals surface area contributed by atoms with Crippen LogP contribution in [0.15, 0.2) is 18.2 Å². The highest BCUT2D eigenvalue weighted by atomic mass is 19.4. The molecule has 0 saturated carbocycles. The number of carboxylic acid groups (broad SMARTS) is 1. The molecule has 0 aliphatic carbocycles. The molecule has 0 aliphatic rings. The minimum atomic E-state index is -5.06. The van der Waals surface area contributed by atoms with Crippen LogP contribution in [0.4, 0.5) is 23.7 Å². The standard InChI is InChI=1S/C15H17F3N2O5/c1-4-25-14(24)19-11-7-9(12(21)22)5-6-10(11)8(2)20(3)13(23)15(16,17)18/h5-8H,4H2,1-3H3,(H,19,24)(H,21,22)/t8-/m1/s1. The lowest BCUT2D eigenvalue weighted by atomic mass is 10.0. The van der Waals surface area contributed by atoms with Gasteiger partial charge in [0.05, 0.1) is 23.9 Å². The summed E-state index contributed by atoms with van der Waals surface area (Å²) in [6.45, 7) is 2.91. The lowest BCUT2D eigenvalue weighted by Gasteiger charge is -2.27. The third-order valence-corrected chi connectivity index (χ3v) is 3.41. The number of anilines is 1. The summed E-state index contributed by atoms with van der Waals surface area (Å²) in [4.78, 5) is 34.5. The fraction of sp³-hybridized carbons (Fsp3) is 0.400. The van der Waals surface area contributed by atoms with Crippen LogP contribution in [0.5, 0.6) is 0 Å². The Labute approximate surface area is 141 Å². The Bertz CT molecular complexity index is 676. The van der Waals surface area contributed by atoms with Gasteiger partial charge in [0.15, 0.2) is 0 Å². The lowest BCUT2D eigenvalue weighted by Crippen LogP contribution is -2.40. The molecule has 0 spiro atoms. The Hall–Kier alpha value is -2.78. The Morgan fingerprint density at radius 1 is 1.32 bits per heavy atom. The monoisotopic (exact) mass is 362 g/mol. The second-order valence-corrected chi connectivity index (χ2v) is 5.04. The van der Waals surface area contributed by atoms with Crippen molar-refractivity contribution in [1.82, 2.24) is 4.90 Å². The molecule has 1 aromatic carbocycles. The van der Waals surface area contributed by atoms with Crippen LogP contribution >= 0.6 is 0 Å². The predicted molar refractivity (Wildman–Crippen MR) is 81.3 cm³/mol. The van der Waals surface area contributed by atoms with Crippen LogP contribution < -0.4 is 5.32 Å². The van der Waals surface area contributed by atoms with Crippen LogP contribution in [0.25, 0.3) is 0 Å². The van der Waals surface area contributed by atoms with E-state index in [0.29, 0.717) is 4.90 Å². The molecule has 2 N–H and O–H groups in total. The fourth-order valence-electron chi connectivity index (χ4n) is 2.02. The van der Waals surface area contributed by atoms with Crippen LogP contribution in [-0.2, 0) is 9.53 Å². The first kappa shape index (κ1) is 20.3. The maximum Gasteiger partial charge on any atom is 0.471 e. The van der Waals surface area contributed by atoms with Gasteiger partial charge >= 0.3 is 24.1 Å². The minimum Gasteiger partial charge on any atom is -0.478 e. The maximum atomic E-state index is 12.6. The van der Waals surface area contributed by atoms with Gasteiger partial charge in [0.25, 0.3) is 0 Å². The Morgan fingerprint density at radius 2 is 1.92 bits per heavy atom. The fourth-order valence-corrected chi connectivity index (χ4v) is 2.02. The summed E-state index contributed by atoms with van der Waals surface area (Å²) < 4.78 is 42.5. The van der Waals surface area contributed by atoms with Crippen molar-refractivity contribution in [3.63, 3.8) is 0 Å². The van der Waals surface area contributed by atoms with E-state index in [1.807, 2.05) is 0 Å². The highest BCUT2D eigenvalue weighted by Crippen LogP contribution is 2.31. The van der Waals surface area contributed by atoms with Crippen LogP contribution in [0.2, 0.25) is 0 Å². The predicted octanol–water partition coefficient (Wildman–Crippen LogP) is 3.03. The number of carbonyl (C=O) groups excluding carboxylic acids is 2. The molecule has 0 aromatic heterocycles. The van der Waals surface area contributed by atoms with Crippen LogP contribution in [0, 0.1) is 0 Å². The zero-order valence-electron chi connectivity index (χ0n) is 13.7. The number of benzene rings is 1. The van der Waals surface area contributed by atoms with Gasteiger partial charge in [0.2, 0.25) is 0 Å². The topological polar surface area (TPSA) is 95.9 Å². The average Bonchev–Trinajstić information content (AvgIpc) is 2.51. The van der Waals surface area contributed by atoms with Crippen molar-refractivity contribution in [2.24, 2.45) is 0 Å². The van der Waals surface area contributed by atoms with E-state index in [1.54, 1.807) is 6.92 Å². The zero-order valence-corrected chi connectivity index (χ0v) is 13.7. The molecule has 25 heavy (non-hydrogen) atoms. The smallest absolute Gasteiger partial charge is 0.471 e. The number of aromatic carboxylic acids is 1. The van der Waals surface area contributed by atoms with Gasteiger partial charge in [0.1, 0.15) is 0 Å². The molecule has 1 atom stereocenters. The van der Waals surface area contributed by atoms with Crippen LogP contribution in [-0.4, -0.2) is 47.8 Å². The van der Waals surface area contributed by atoms with E-state index in [0.717, 1.165) is 19.2 Å². The molecule has 0 aliphatic heterocycles. The van der Waals surface area contributed by atoms with Gasteiger partial charge in [-0.1, -0.05) is 6.07 Å². The maximum absolute atomic E-state index is 12.6. The summed E-state index contributed by atoms with van der Waals surface area (Å²) in [6.07, 6.45) is -5.96. The normalized spacial score (nSPS) is 12.2. The molecule has 0 bridgehead atoms. The van der Waals surface area contributed by atoms with E-state index < -0.39 is 30.2 Å². The first-order valence-corrected chi connectivity index (χ1v) is 7.14. The Morgan fingerprint density at radius 3 is 2.40 bits per heavy atom. The minimum absolute atomic E-state index is 0.0435. The second kappa shape index (κ2) is 7.86. The third-order valence-electron chi connectivity index (χ3n) is 3.41. The molecule has 10 heteroatoms. The molecule has 0 fully saturated rings. The van der Waals surface area contributed by atoms with Gasteiger partial charge in [-0.05, 0) is 31.5 Å². The van der Waals surface area contributed by atoms with E-state index in [9.17, 15) is 27.6 Å². The SMILES string of the molecule is CCOC(=O)Nc1cc(C(=O)O)ccc1[C@@H](C)N(C)C(=O)C(F)(F)F. The summed E-state index contributed by atoms with van der Waals surface area (Å²) in [5.74, 6) is -3.35. The molecule has 0 saturated heterocycles. The van der Waals surface area contributed by atoms with E-state index >= 15 is 0 Å². The van der Waals surface area contributed by atoms with Gasteiger partial charge in [0, 0.05) is 7.05 Å². The van der Waals surface area contributed by atoms with Gasteiger partial charge in [-0.15, -0.1) is 0 Å². The largest absolute Gasteiger partial charge is 0.478 e. The third kappa shape index (κ3) is 5.10. The number of carboxylic acids is 1. The number of nitrogens with zero attached hydrogens (tertiary/aromatic N) is 1. The van der Waals surface area contributed by atoms with Crippen molar-refractivity contribution in [3.05, 3.63) is 29.3 Å². The number of ether oxygens (including phenoxy) is 1. The molecule has 2 amide bonds. The first-order chi connectivity index (χ1) is 11.5. The molecule has 0 heterocycles. The van der Waals surface area contributed by atoms with Gasteiger partial charge < -0.3 is 14.7 Å². The summed E-state index contributed by atoms with van der Waals surface area (Å²) in [7, 11) is 0.958. The van der Waals surface area contributed by atoms with E-state index in [-0.39, 0.29) is 23.4 Å². The molecule has 0 unspecified atom stereocenters. The number of amides is 2. The van der Waals surface area contributed by atoms with Crippen molar-refractivity contribution in [3.8, 4) is 0 Å². The summed E-state index contributed by atoms with van der Waals surface area (Å²) in [5.41, 5.74) is -0.127. The molecule has 138 valence electrons. The summed E-state index contributed by atoms with van der Waals surface area (Å²) >= 11 is 0. The molecular formula is C15H17F3N2O5. The van der Waals surface area contributed by atoms with Crippen molar-refractivity contribution in [2.75, 3.05) is 19.0 Å². The highest BCUT2D eigenvalue weighted by molar-refractivity contribution is 5.92. The number of carbonyl (C=O) groups is 3. The highest BCUT2D eigenvalue weighted by Gasteiger charge is 2.43.